The molecule has 0 aliphatic heterocycles. The van der Waals surface area contributed by atoms with Crippen LogP contribution in [0.2, 0.25) is 0 Å². The number of esters is 1. The van der Waals surface area contributed by atoms with E-state index in [9.17, 15) is 4.79 Å². The molecule has 1 N–H and O–H groups in total. The molecule has 0 saturated carbocycles. The van der Waals surface area contributed by atoms with Crippen molar-refractivity contribution in [3.63, 3.8) is 0 Å². The van der Waals surface area contributed by atoms with E-state index in [0.29, 0.717) is 19.6 Å². The Morgan fingerprint density at radius 3 is 2.37 bits per heavy atom. The first-order chi connectivity index (χ1) is 9.26. The molecule has 0 fully saturated rings. The normalized spacial score (nSPS) is 12.4. The van der Waals surface area contributed by atoms with Gasteiger partial charge in [0, 0.05) is 13.2 Å². The molecule has 4 nitrogen and oxygen atoms in total. The van der Waals surface area contributed by atoms with Gasteiger partial charge in [0.25, 0.3) is 0 Å². The number of ether oxygens (including phenoxy) is 2. The molecule has 0 spiro atoms. The van der Waals surface area contributed by atoms with Crippen LogP contribution in [0.3, 0.4) is 0 Å². The maximum absolute atomic E-state index is 11.5. The Labute approximate surface area is 118 Å². The molecular weight excluding hydrogens is 242 g/mol. The van der Waals surface area contributed by atoms with Gasteiger partial charge in [-0.3, -0.25) is 4.79 Å². The van der Waals surface area contributed by atoms with Crippen LogP contribution in [-0.2, 0) is 14.3 Å². The highest BCUT2D eigenvalue weighted by Gasteiger charge is 2.16. The van der Waals surface area contributed by atoms with E-state index in [-0.39, 0.29) is 12.0 Å². The number of likely N-dealkylation sites (N-methyl/N-ethyl adjacent to an activating group) is 1. The van der Waals surface area contributed by atoms with Crippen molar-refractivity contribution in [2.75, 3.05) is 26.9 Å². The summed E-state index contributed by atoms with van der Waals surface area (Å²) in [7, 11) is 1.77. The summed E-state index contributed by atoms with van der Waals surface area (Å²) in [4.78, 5) is 11.5. The van der Waals surface area contributed by atoms with E-state index in [1.165, 1.54) is 32.1 Å². The van der Waals surface area contributed by atoms with E-state index in [0.717, 1.165) is 13.0 Å². The first-order valence-electron chi connectivity index (χ1n) is 7.67. The maximum atomic E-state index is 11.5. The number of hydrogen-bond donors (Lipinski definition) is 1. The molecule has 114 valence electrons. The van der Waals surface area contributed by atoms with Crippen molar-refractivity contribution in [2.24, 2.45) is 0 Å². The third-order valence-electron chi connectivity index (χ3n) is 3.11. The molecule has 1 atom stereocenters. The summed E-state index contributed by atoms with van der Waals surface area (Å²) in [5.74, 6) is -0.187. The molecule has 0 aromatic carbocycles. The van der Waals surface area contributed by atoms with Crippen molar-refractivity contribution in [2.45, 2.75) is 64.8 Å². The fourth-order valence-corrected chi connectivity index (χ4v) is 1.91. The molecule has 0 aliphatic rings. The smallest absolute Gasteiger partial charge is 0.323 e. The highest BCUT2D eigenvalue weighted by Crippen LogP contribution is 2.05. The van der Waals surface area contributed by atoms with Crippen molar-refractivity contribution >= 4 is 5.97 Å². The Balaban J connectivity index is 3.38. The Hall–Kier alpha value is -0.610. The minimum absolute atomic E-state index is 0.187. The topological polar surface area (TPSA) is 47.6 Å². The summed E-state index contributed by atoms with van der Waals surface area (Å²) >= 11 is 0. The van der Waals surface area contributed by atoms with Gasteiger partial charge in [0.15, 0.2) is 0 Å². The van der Waals surface area contributed by atoms with Gasteiger partial charge < -0.3 is 14.8 Å². The Bertz CT molecular complexity index is 210. The van der Waals surface area contributed by atoms with E-state index in [2.05, 4.69) is 12.2 Å². The molecule has 0 aromatic rings. The van der Waals surface area contributed by atoms with Gasteiger partial charge in [-0.1, -0.05) is 39.0 Å². The van der Waals surface area contributed by atoms with Crippen LogP contribution in [0.25, 0.3) is 0 Å². The van der Waals surface area contributed by atoms with Crippen LogP contribution in [0.5, 0.6) is 0 Å². The fraction of sp³-hybridized carbons (Fsp3) is 0.933. The number of nitrogens with one attached hydrogen (secondary N) is 1. The number of rotatable bonds is 13. The van der Waals surface area contributed by atoms with Crippen molar-refractivity contribution in [3.8, 4) is 0 Å². The van der Waals surface area contributed by atoms with E-state index >= 15 is 0 Å². The molecule has 0 amide bonds. The first kappa shape index (κ1) is 18.4. The number of unbranched alkanes of at least 4 members (excludes halogenated alkanes) is 5. The lowest BCUT2D eigenvalue weighted by Gasteiger charge is -2.14. The number of carbonyl (C=O) groups is 1. The average molecular weight is 273 g/mol. The van der Waals surface area contributed by atoms with Crippen LogP contribution in [0.4, 0.5) is 0 Å². The van der Waals surface area contributed by atoms with E-state index in [1.54, 1.807) is 7.05 Å². The number of hydrogen-bond acceptors (Lipinski definition) is 4. The predicted molar refractivity (Wildman–Crippen MR) is 78.3 cm³/mol. The molecule has 1 unspecified atom stereocenters. The Morgan fingerprint density at radius 1 is 1.05 bits per heavy atom. The molecule has 0 rings (SSSR count). The van der Waals surface area contributed by atoms with Gasteiger partial charge >= 0.3 is 5.97 Å². The monoisotopic (exact) mass is 273 g/mol. The molecule has 0 heterocycles. The summed E-state index contributed by atoms with van der Waals surface area (Å²) in [5.41, 5.74) is 0. The van der Waals surface area contributed by atoms with Crippen LogP contribution in [0.15, 0.2) is 0 Å². The standard InChI is InChI=1S/C15H31NO3/c1-4-6-7-8-9-10-12-18-13-11-14(16-3)15(17)19-5-2/h14,16H,4-13H2,1-3H3. The van der Waals surface area contributed by atoms with Crippen LogP contribution in [0.1, 0.15) is 58.8 Å². The van der Waals surface area contributed by atoms with Crippen LogP contribution in [0, 0.1) is 0 Å². The SMILES string of the molecule is CCCCCCCCOCCC(NC)C(=O)OCC. The summed E-state index contributed by atoms with van der Waals surface area (Å²) < 4.78 is 10.5. The van der Waals surface area contributed by atoms with Crippen molar-refractivity contribution in [3.05, 3.63) is 0 Å². The van der Waals surface area contributed by atoms with Gasteiger partial charge in [-0.25, -0.2) is 0 Å². The van der Waals surface area contributed by atoms with E-state index in [1.807, 2.05) is 6.92 Å². The second kappa shape index (κ2) is 13.8. The molecular formula is C15H31NO3. The molecule has 0 aromatic heterocycles. The second-order valence-corrected chi connectivity index (χ2v) is 4.76. The zero-order chi connectivity index (χ0) is 14.3. The Kier molecular flexibility index (Phi) is 13.4. The van der Waals surface area contributed by atoms with Crippen LogP contribution < -0.4 is 5.32 Å². The summed E-state index contributed by atoms with van der Waals surface area (Å²) in [6.07, 6.45) is 8.30. The molecule has 4 heteroatoms. The quantitative estimate of drug-likeness (QED) is 0.414. The van der Waals surface area contributed by atoms with Gasteiger partial charge in [-0.2, -0.15) is 0 Å². The zero-order valence-corrected chi connectivity index (χ0v) is 12.9. The van der Waals surface area contributed by atoms with Gasteiger partial charge in [-0.05, 0) is 26.8 Å². The third-order valence-corrected chi connectivity index (χ3v) is 3.11. The lowest BCUT2D eigenvalue weighted by Crippen LogP contribution is -2.36. The van der Waals surface area contributed by atoms with Crippen molar-refractivity contribution < 1.29 is 14.3 Å². The van der Waals surface area contributed by atoms with E-state index < -0.39 is 0 Å². The highest BCUT2D eigenvalue weighted by molar-refractivity contribution is 5.75. The fourth-order valence-electron chi connectivity index (χ4n) is 1.91. The van der Waals surface area contributed by atoms with E-state index in [4.69, 9.17) is 9.47 Å². The minimum Gasteiger partial charge on any atom is -0.465 e. The van der Waals surface area contributed by atoms with Crippen LogP contribution >= 0.6 is 0 Å². The second-order valence-electron chi connectivity index (χ2n) is 4.76. The highest BCUT2D eigenvalue weighted by atomic mass is 16.5. The van der Waals surface area contributed by atoms with Gasteiger partial charge in [0.05, 0.1) is 6.61 Å². The summed E-state index contributed by atoms with van der Waals surface area (Å²) in [6, 6.07) is -0.246. The maximum Gasteiger partial charge on any atom is 0.323 e. The van der Waals surface area contributed by atoms with Gasteiger partial charge in [0.2, 0.25) is 0 Å². The first-order valence-corrected chi connectivity index (χ1v) is 7.67. The van der Waals surface area contributed by atoms with Crippen molar-refractivity contribution in [1.29, 1.82) is 0 Å². The van der Waals surface area contributed by atoms with Gasteiger partial charge in [0.1, 0.15) is 6.04 Å². The molecule has 0 bridgehead atoms. The largest absolute Gasteiger partial charge is 0.465 e. The molecule has 0 aliphatic carbocycles. The molecule has 0 saturated heterocycles. The van der Waals surface area contributed by atoms with Crippen LogP contribution in [-0.4, -0.2) is 38.9 Å². The Morgan fingerprint density at radius 2 is 1.74 bits per heavy atom. The zero-order valence-electron chi connectivity index (χ0n) is 12.9. The number of carbonyl (C=O) groups excluding carboxylic acids is 1. The van der Waals surface area contributed by atoms with Crippen molar-refractivity contribution in [1.82, 2.24) is 5.32 Å². The third kappa shape index (κ3) is 11.0. The lowest BCUT2D eigenvalue weighted by molar-refractivity contribution is -0.146. The van der Waals surface area contributed by atoms with Gasteiger partial charge in [-0.15, -0.1) is 0 Å². The average Bonchev–Trinajstić information content (AvgIpc) is 2.41. The lowest BCUT2D eigenvalue weighted by atomic mass is 10.1. The summed E-state index contributed by atoms with van der Waals surface area (Å²) in [5, 5.41) is 2.96. The molecule has 19 heavy (non-hydrogen) atoms. The molecule has 0 radical (unpaired) electrons. The summed E-state index contributed by atoms with van der Waals surface area (Å²) in [6.45, 7) is 5.88. The minimum atomic E-state index is -0.246. The predicted octanol–water partition coefficient (Wildman–Crippen LogP) is 2.90.